The van der Waals surface area contributed by atoms with Crippen LogP contribution in [0.4, 0.5) is 6.01 Å². The molecule has 0 bridgehead atoms. The van der Waals surface area contributed by atoms with Gasteiger partial charge >= 0.3 is 6.01 Å². The second kappa shape index (κ2) is 4.44. The first kappa shape index (κ1) is 10.7. The predicted octanol–water partition coefficient (Wildman–Crippen LogP) is 0.885. The number of aromatic nitrogens is 2. The van der Waals surface area contributed by atoms with Gasteiger partial charge in [0, 0.05) is 12.3 Å². The molecule has 2 aliphatic rings. The summed E-state index contributed by atoms with van der Waals surface area (Å²) in [6.07, 6.45) is 3.81. The maximum atomic E-state index is 11.7. The van der Waals surface area contributed by atoms with Gasteiger partial charge in [0.2, 0.25) is 11.8 Å². The van der Waals surface area contributed by atoms with Crippen molar-refractivity contribution >= 4 is 11.9 Å². The van der Waals surface area contributed by atoms with E-state index >= 15 is 0 Å². The van der Waals surface area contributed by atoms with Crippen molar-refractivity contribution in [2.24, 2.45) is 5.92 Å². The Balaban J connectivity index is 1.52. The van der Waals surface area contributed by atoms with Gasteiger partial charge in [-0.3, -0.25) is 10.1 Å². The monoisotopic (exact) mass is 236 g/mol. The maximum absolute atomic E-state index is 11.7. The zero-order valence-electron chi connectivity index (χ0n) is 9.61. The van der Waals surface area contributed by atoms with Crippen molar-refractivity contribution in [2.75, 3.05) is 18.4 Å². The number of carbonyl (C=O) groups excluding carboxylic acids is 1. The summed E-state index contributed by atoms with van der Waals surface area (Å²) in [5, 5.41) is 13.6. The summed E-state index contributed by atoms with van der Waals surface area (Å²) in [7, 11) is 0. The molecule has 2 N–H and O–H groups in total. The Bertz CT molecular complexity index is 407. The van der Waals surface area contributed by atoms with E-state index in [9.17, 15) is 4.79 Å². The van der Waals surface area contributed by atoms with Gasteiger partial charge in [-0.25, -0.2) is 0 Å². The van der Waals surface area contributed by atoms with Crippen molar-refractivity contribution in [2.45, 2.75) is 31.6 Å². The number of hydrogen-bond donors (Lipinski definition) is 2. The minimum Gasteiger partial charge on any atom is -0.408 e. The van der Waals surface area contributed by atoms with Crippen LogP contribution in [0, 0.1) is 5.92 Å². The number of amides is 1. The average Bonchev–Trinajstić information content (AvgIpc) is 2.84. The molecule has 1 aliphatic heterocycles. The number of anilines is 1. The predicted molar refractivity (Wildman–Crippen MR) is 60.5 cm³/mol. The zero-order chi connectivity index (χ0) is 11.7. The molecular formula is C11H16N4O2. The van der Waals surface area contributed by atoms with E-state index in [-0.39, 0.29) is 11.9 Å². The molecule has 1 unspecified atom stereocenters. The van der Waals surface area contributed by atoms with Crippen LogP contribution >= 0.6 is 0 Å². The molecule has 2 heterocycles. The standard InChI is InChI=1S/C11H16N4O2/c16-9(5-7-3-4-12-6-7)13-11-15-14-10(17-11)8-1-2-8/h7-8,12H,1-6H2,(H,13,15,16). The molecule has 1 saturated carbocycles. The Morgan fingerprint density at radius 1 is 1.41 bits per heavy atom. The lowest BCUT2D eigenvalue weighted by Gasteiger charge is -2.05. The normalized spacial score (nSPS) is 23.9. The lowest BCUT2D eigenvalue weighted by Crippen LogP contribution is -2.18. The molecule has 0 radical (unpaired) electrons. The smallest absolute Gasteiger partial charge is 0.322 e. The highest BCUT2D eigenvalue weighted by Gasteiger charge is 2.29. The van der Waals surface area contributed by atoms with Gasteiger partial charge in [0.15, 0.2) is 0 Å². The Hall–Kier alpha value is -1.43. The Morgan fingerprint density at radius 2 is 2.29 bits per heavy atom. The van der Waals surface area contributed by atoms with E-state index < -0.39 is 0 Å². The third-order valence-electron chi connectivity index (χ3n) is 3.25. The summed E-state index contributed by atoms with van der Waals surface area (Å²) in [4.78, 5) is 11.7. The zero-order valence-corrected chi connectivity index (χ0v) is 9.61. The van der Waals surface area contributed by atoms with Crippen molar-refractivity contribution in [1.82, 2.24) is 15.5 Å². The highest BCUT2D eigenvalue weighted by molar-refractivity contribution is 5.88. The summed E-state index contributed by atoms with van der Waals surface area (Å²) >= 11 is 0. The number of nitrogens with zero attached hydrogens (tertiary/aromatic N) is 2. The summed E-state index contributed by atoms with van der Waals surface area (Å²) in [6, 6.07) is 0.239. The van der Waals surface area contributed by atoms with Crippen molar-refractivity contribution < 1.29 is 9.21 Å². The number of nitrogens with one attached hydrogen (secondary N) is 2. The van der Waals surface area contributed by atoms with Gasteiger partial charge in [-0.15, -0.1) is 5.10 Å². The first-order valence-corrected chi connectivity index (χ1v) is 6.15. The van der Waals surface area contributed by atoms with Gasteiger partial charge in [-0.05, 0) is 38.3 Å². The van der Waals surface area contributed by atoms with E-state index in [4.69, 9.17) is 4.42 Å². The molecule has 1 atom stereocenters. The van der Waals surface area contributed by atoms with E-state index in [1.807, 2.05) is 0 Å². The molecule has 17 heavy (non-hydrogen) atoms. The van der Waals surface area contributed by atoms with Gasteiger partial charge in [-0.2, -0.15) is 0 Å². The van der Waals surface area contributed by atoms with Crippen LogP contribution in [0.2, 0.25) is 0 Å². The first-order chi connectivity index (χ1) is 8.31. The fraction of sp³-hybridized carbons (Fsp3) is 0.727. The molecule has 1 aromatic heterocycles. The van der Waals surface area contributed by atoms with Gasteiger partial charge < -0.3 is 9.73 Å². The molecule has 1 saturated heterocycles. The van der Waals surface area contributed by atoms with Crippen LogP contribution in [0.5, 0.6) is 0 Å². The van der Waals surface area contributed by atoms with Crippen LogP contribution in [-0.4, -0.2) is 29.2 Å². The topological polar surface area (TPSA) is 80.0 Å². The highest BCUT2D eigenvalue weighted by atomic mass is 16.4. The Morgan fingerprint density at radius 3 is 3.00 bits per heavy atom. The van der Waals surface area contributed by atoms with Gasteiger partial charge in [0.05, 0.1) is 0 Å². The average molecular weight is 236 g/mol. The molecule has 3 rings (SSSR count). The van der Waals surface area contributed by atoms with Crippen molar-refractivity contribution in [3.63, 3.8) is 0 Å². The molecule has 0 aromatic carbocycles. The first-order valence-electron chi connectivity index (χ1n) is 6.15. The van der Waals surface area contributed by atoms with Crippen LogP contribution in [0.1, 0.15) is 37.5 Å². The molecule has 6 heteroatoms. The third kappa shape index (κ3) is 2.63. The van der Waals surface area contributed by atoms with Gasteiger partial charge in [0.25, 0.3) is 0 Å². The number of rotatable bonds is 4. The lowest BCUT2D eigenvalue weighted by atomic mass is 10.1. The van der Waals surface area contributed by atoms with Crippen LogP contribution in [0.25, 0.3) is 0 Å². The summed E-state index contributed by atoms with van der Waals surface area (Å²) in [5.41, 5.74) is 0. The van der Waals surface area contributed by atoms with Crippen LogP contribution < -0.4 is 10.6 Å². The second-order valence-corrected chi connectivity index (χ2v) is 4.83. The maximum Gasteiger partial charge on any atom is 0.322 e. The fourth-order valence-electron chi connectivity index (χ4n) is 2.10. The highest BCUT2D eigenvalue weighted by Crippen LogP contribution is 2.39. The quantitative estimate of drug-likeness (QED) is 0.811. The molecule has 1 aliphatic carbocycles. The number of carbonyl (C=O) groups is 1. The van der Waals surface area contributed by atoms with E-state index in [1.54, 1.807) is 0 Å². The molecule has 92 valence electrons. The molecule has 6 nitrogen and oxygen atoms in total. The van der Waals surface area contributed by atoms with Crippen LogP contribution in [-0.2, 0) is 4.79 Å². The number of hydrogen-bond acceptors (Lipinski definition) is 5. The van der Waals surface area contributed by atoms with Crippen molar-refractivity contribution in [3.05, 3.63) is 5.89 Å². The fourth-order valence-corrected chi connectivity index (χ4v) is 2.10. The second-order valence-electron chi connectivity index (χ2n) is 4.83. The minimum atomic E-state index is -0.0373. The Labute approximate surface area is 99.2 Å². The molecule has 0 spiro atoms. The lowest BCUT2D eigenvalue weighted by molar-refractivity contribution is -0.117. The summed E-state index contributed by atoms with van der Waals surface area (Å²) in [6.45, 7) is 1.93. The van der Waals surface area contributed by atoms with E-state index in [1.165, 1.54) is 0 Å². The summed E-state index contributed by atoms with van der Waals surface area (Å²) in [5.74, 6) is 1.47. The SMILES string of the molecule is O=C(CC1CCNC1)Nc1nnc(C2CC2)o1. The van der Waals surface area contributed by atoms with Crippen LogP contribution in [0.15, 0.2) is 4.42 Å². The molecule has 2 fully saturated rings. The Kier molecular flexibility index (Phi) is 2.80. The third-order valence-corrected chi connectivity index (χ3v) is 3.25. The van der Waals surface area contributed by atoms with Crippen LogP contribution in [0.3, 0.4) is 0 Å². The summed E-state index contributed by atoms with van der Waals surface area (Å²) < 4.78 is 5.37. The van der Waals surface area contributed by atoms with E-state index in [0.29, 0.717) is 24.1 Å². The van der Waals surface area contributed by atoms with Crippen molar-refractivity contribution in [1.29, 1.82) is 0 Å². The van der Waals surface area contributed by atoms with Crippen molar-refractivity contribution in [3.8, 4) is 0 Å². The molecule has 1 amide bonds. The van der Waals surface area contributed by atoms with E-state index in [2.05, 4.69) is 20.8 Å². The molecular weight excluding hydrogens is 220 g/mol. The minimum absolute atomic E-state index is 0.0373. The van der Waals surface area contributed by atoms with Gasteiger partial charge in [-0.1, -0.05) is 5.10 Å². The largest absolute Gasteiger partial charge is 0.408 e. The van der Waals surface area contributed by atoms with Gasteiger partial charge in [0.1, 0.15) is 0 Å². The van der Waals surface area contributed by atoms with E-state index in [0.717, 1.165) is 32.4 Å². The molecule has 1 aromatic rings.